The number of aliphatic hydroxyl groups is 2. The van der Waals surface area contributed by atoms with Crippen LogP contribution in [0.3, 0.4) is 0 Å². The molecule has 2 N–H and O–H groups in total. The Kier molecular flexibility index (Phi) is 2.04. The van der Waals surface area contributed by atoms with Crippen LogP contribution < -0.4 is 0 Å². The Labute approximate surface area is 82.8 Å². The summed E-state index contributed by atoms with van der Waals surface area (Å²) < 4.78 is 0. The second-order valence-electron chi connectivity index (χ2n) is 3.43. The average molecular weight is 188 g/mol. The average Bonchev–Trinajstić information content (AvgIpc) is 2.23. The van der Waals surface area contributed by atoms with Crippen molar-refractivity contribution in [2.75, 3.05) is 0 Å². The summed E-state index contributed by atoms with van der Waals surface area (Å²) in [6, 6.07) is 7.51. The Morgan fingerprint density at radius 2 is 2.00 bits per heavy atom. The summed E-state index contributed by atoms with van der Waals surface area (Å²) in [5.74, 6) is 0.148. The Balaban J connectivity index is 2.62. The first-order chi connectivity index (χ1) is 6.74. The van der Waals surface area contributed by atoms with E-state index in [1.165, 1.54) is 0 Å². The van der Waals surface area contributed by atoms with Crippen LogP contribution >= 0.6 is 0 Å². The number of allylic oxidation sites excluding steroid dienone is 2. The van der Waals surface area contributed by atoms with Crippen LogP contribution in [0.5, 0.6) is 0 Å². The molecular weight excluding hydrogens is 176 g/mol. The third-order valence-corrected chi connectivity index (χ3v) is 2.59. The standard InChI is InChI=1S/C12H12O2/c1-2-8-7-11(13)12(14)10-6-4-3-5-9(8)10/h2-6,8,13-14H,1,7H2. The van der Waals surface area contributed by atoms with E-state index in [1.54, 1.807) is 12.1 Å². The van der Waals surface area contributed by atoms with Gasteiger partial charge in [0, 0.05) is 17.9 Å². The SMILES string of the molecule is C=CC1CC(O)=C(O)c2ccccc21. The van der Waals surface area contributed by atoms with Crippen molar-refractivity contribution in [3.05, 3.63) is 53.8 Å². The fourth-order valence-corrected chi connectivity index (χ4v) is 1.82. The van der Waals surface area contributed by atoms with E-state index >= 15 is 0 Å². The number of benzene rings is 1. The van der Waals surface area contributed by atoms with Crippen LogP contribution in [0.15, 0.2) is 42.7 Å². The first kappa shape index (κ1) is 8.88. The summed E-state index contributed by atoms with van der Waals surface area (Å²) in [5, 5.41) is 19.1. The van der Waals surface area contributed by atoms with Crippen molar-refractivity contribution < 1.29 is 10.2 Å². The van der Waals surface area contributed by atoms with E-state index in [-0.39, 0.29) is 17.4 Å². The Morgan fingerprint density at radius 1 is 1.29 bits per heavy atom. The molecule has 1 aliphatic carbocycles. The minimum absolute atomic E-state index is 0.00120. The minimum atomic E-state index is -0.00120. The molecule has 0 heterocycles. The monoisotopic (exact) mass is 188 g/mol. The lowest BCUT2D eigenvalue weighted by Gasteiger charge is -2.22. The van der Waals surface area contributed by atoms with Gasteiger partial charge in [-0.25, -0.2) is 0 Å². The number of rotatable bonds is 1. The molecular formula is C12H12O2. The minimum Gasteiger partial charge on any atom is -0.508 e. The van der Waals surface area contributed by atoms with Crippen LogP contribution in [0.25, 0.3) is 5.76 Å². The predicted molar refractivity (Wildman–Crippen MR) is 56.2 cm³/mol. The topological polar surface area (TPSA) is 40.5 Å². The molecule has 0 aromatic heterocycles. The van der Waals surface area contributed by atoms with Crippen LogP contribution in [0.4, 0.5) is 0 Å². The highest BCUT2D eigenvalue weighted by atomic mass is 16.3. The Hall–Kier alpha value is -1.70. The van der Waals surface area contributed by atoms with Gasteiger partial charge in [-0.3, -0.25) is 0 Å². The maximum atomic E-state index is 9.64. The van der Waals surface area contributed by atoms with Gasteiger partial charge in [0.25, 0.3) is 0 Å². The third kappa shape index (κ3) is 1.20. The number of hydrogen-bond acceptors (Lipinski definition) is 2. The maximum absolute atomic E-state index is 9.64. The maximum Gasteiger partial charge on any atom is 0.160 e. The molecule has 0 bridgehead atoms. The molecule has 0 saturated heterocycles. The van der Waals surface area contributed by atoms with Gasteiger partial charge in [-0.2, -0.15) is 0 Å². The van der Waals surface area contributed by atoms with Crippen molar-refractivity contribution in [1.82, 2.24) is 0 Å². The summed E-state index contributed by atoms with van der Waals surface area (Å²) in [7, 11) is 0. The highest BCUT2D eigenvalue weighted by Gasteiger charge is 2.23. The molecule has 0 spiro atoms. The summed E-state index contributed by atoms with van der Waals surface area (Å²) in [6.45, 7) is 3.73. The lowest BCUT2D eigenvalue weighted by Crippen LogP contribution is -2.09. The van der Waals surface area contributed by atoms with E-state index in [9.17, 15) is 10.2 Å². The van der Waals surface area contributed by atoms with E-state index in [2.05, 4.69) is 6.58 Å². The van der Waals surface area contributed by atoms with E-state index in [4.69, 9.17) is 0 Å². The normalized spacial score (nSPS) is 20.4. The van der Waals surface area contributed by atoms with Crippen molar-refractivity contribution in [1.29, 1.82) is 0 Å². The summed E-state index contributed by atoms with van der Waals surface area (Å²) in [6.07, 6.45) is 2.23. The smallest absolute Gasteiger partial charge is 0.160 e. The molecule has 1 aliphatic rings. The van der Waals surface area contributed by atoms with Gasteiger partial charge < -0.3 is 10.2 Å². The van der Waals surface area contributed by atoms with Crippen LogP contribution in [-0.4, -0.2) is 10.2 Å². The summed E-state index contributed by atoms with van der Waals surface area (Å²) in [4.78, 5) is 0. The van der Waals surface area contributed by atoms with Crippen LogP contribution in [0, 0.1) is 0 Å². The molecule has 2 nitrogen and oxygen atoms in total. The van der Waals surface area contributed by atoms with Crippen molar-refractivity contribution in [3.8, 4) is 0 Å². The zero-order valence-corrected chi connectivity index (χ0v) is 7.77. The van der Waals surface area contributed by atoms with Gasteiger partial charge in [0.15, 0.2) is 5.76 Å². The summed E-state index contributed by atoms with van der Waals surface area (Å²) in [5.41, 5.74) is 1.74. The molecule has 1 aromatic rings. The molecule has 0 radical (unpaired) electrons. The highest BCUT2D eigenvalue weighted by molar-refractivity contribution is 5.67. The molecule has 14 heavy (non-hydrogen) atoms. The zero-order valence-electron chi connectivity index (χ0n) is 7.77. The first-order valence-corrected chi connectivity index (χ1v) is 4.57. The Bertz CT molecular complexity index is 405. The van der Waals surface area contributed by atoms with Crippen molar-refractivity contribution in [2.45, 2.75) is 12.3 Å². The second kappa shape index (κ2) is 3.22. The van der Waals surface area contributed by atoms with Gasteiger partial charge >= 0.3 is 0 Å². The number of aliphatic hydroxyl groups excluding tert-OH is 2. The lowest BCUT2D eigenvalue weighted by atomic mass is 9.85. The van der Waals surface area contributed by atoms with E-state index < -0.39 is 0 Å². The molecule has 1 aromatic carbocycles. The number of hydrogen-bond donors (Lipinski definition) is 2. The molecule has 0 amide bonds. The van der Waals surface area contributed by atoms with Gasteiger partial charge in [-0.1, -0.05) is 30.3 Å². The Morgan fingerprint density at radius 3 is 2.71 bits per heavy atom. The molecule has 0 aliphatic heterocycles. The predicted octanol–water partition coefficient (Wildman–Crippen LogP) is 3.14. The fraction of sp³-hybridized carbons (Fsp3) is 0.167. The van der Waals surface area contributed by atoms with Gasteiger partial charge in [0.1, 0.15) is 5.76 Å². The van der Waals surface area contributed by atoms with Gasteiger partial charge in [-0.05, 0) is 5.56 Å². The van der Waals surface area contributed by atoms with Gasteiger partial charge in [0.05, 0.1) is 0 Å². The molecule has 72 valence electrons. The van der Waals surface area contributed by atoms with Crippen molar-refractivity contribution in [3.63, 3.8) is 0 Å². The van der Waals surface area contributed by atoms with Crippen LogP contribution in [0.2, 0.25) is 0 Å². The first-order valence-electron chi connectivity index (χ1n) is 4.57. The molecule has 2 rings (SSSR count). The number of fused-ring (bicyclic) bond motifs is 1. The van der Waals surface area contributed by atoms with Gasteiger partial charge in [0.2, 0.25) is 0 Å². The molecule has 2 heteroatoms. The zero-order chi connectivity index (χ0) is 10.1. The van der Waals surface area contributed by atoms with Crippen molar-refractivity contribution in [2.24, 2.45) is 0 Å². The largest absolute Gasteiger partial charge is 0.508 e. The fourth-order valence-electron chi connectivity index (χ4n) is 1.82. The molecule has 1 unspecified atom stereocenters. The summed E-state index contributed by atoms with van der Waals surface area (Å²) >= 11 is 0. The second-order valence-corrected chi connectivity index (χ2v) is 3.43. The molecule has 1 atom stereocenters. The third-order valence-electron chi connectivity index (χ3n) is 2.59. The molecule has 0 saturated carbocycles. The van der Waals surface area contributed by atoms with Crippen LogP contribution in [0.1, 0.15) is 23.5 Å². The van der Waals surface area contributed by atoms with E-state index in [1.807, 2.05) is 18.2 Å². The lowest BCUT2D eigenvalue weighted by molar-refractivity contribution is 0.350. The van der Waals surface area contributed by atoms with Crippen LogP contribution in [-0.2, 0) is 0 Å². The highest BCUT2D eigenvalue weighted by Crippen LogP contribution is 2.36. The molecule has 0 fully saturated rings. The quantitative estimate of drug-likeness (QED) is 0.664. The van der Waals surface area contributed by atoms with Gasteiger partial charge in [-0.15, -0.1) is 6.58 Å². The van der Waals surface area contributed by atoms with Crippen molar-refractivity contribution >= 4 is 5.76 Å². The van der Waals surface area contributed by atoms with E-state index in [0.29, 0.717) is 12.0 Å². The van der Waals surface area contributed by atoms with E-state index in [0.717, 1.165) is 5.56 Å².